The predicted molar refractivity (Wildman–Crippen MR) is 135 cm³/mol. The Labute approximate surface area is 199 Å². The van der Waals surface area contributed by atoms with Gasteiger partial charge in [0.1, 0.15) is 11.4 Å². The van der Waals surface area contributed by atoms with E-state index in [1.165, 1.54) is 0 Å². The van der Waals surface area contributed by atoms with Gasteiger partial charge in [-0.15, -0.1) is 0 Å². The third-order valence-corrected chi connectivity index (χ3v) is 6.02. The molecular formula is C27H27N5O2. The van der Waals surface area contributed by atoms with Crippen LogP contribution in [0.4, 0.5) is 16.2 Å². The predicted octanol–water partition coefficient (Wildman–Crippen LogP) is 4.90. The number of hydrogen-bond acceptors (Lipinski definition) is 4. The molecule has 5 rings (SSSR count). The van der Waals surface area contributed by atoms with Crippen LogP contribution in [-0.4, -0.2) is 54.0 Å². The number of para-hydroxylation sites is 3. The van der Waals surface area contributed by atoms with Crippen molar-refractivity contribution in [2.24, 2.45) is 0 Å². The summed E-state index contributed by atoms with van der Waals surface area (Å²) in [4.78, 5) is 17.3. The van der Waals surface area contributed by atoms with Crippen LogP contribution in [0.15, 0.2) is 91.1 Å². The number of nitrogens with one attached hydrogen (secondary N) is 1. The first kappa shape index (κ1) is 21.6. The Balaban J connectivity index is 1.33. The van der Waals surface area contributed by atoms with Gasteiger partial charge in [0.25, 0.3) is 0 Å². The Kier molecular flexibility index (Phi) is 6.16. The highest BCUT2D eigenvalue weighted by Gasteiger charge is 2.24. The van der Waals surface area contributed by atoms with E-state index in [0.29, 0.717) is 18.8 Å². The Bertz CT molecular complexity index is 1250. The second-order valence-electron chi connectivity index (χ2n) is 8.11. The lowest BCUT2D eigenvalue weighted by atomic mass is 10.1. The van der Waals surface area contributed by atoms with Crippen LogP contribution >= 0.6 is 0 Å². The molecule has 7 heteroatoms. The molecule has 0 saturated carbocycles. The molecule has 1 aromatic heterocycles. The molecule has 1 N–H and O–H groups in total. The average Bonchev–Trinajstić information content (AvgIpc) is 3.33. The number of ether oxygens (including phenoxy) is 1. The average molecular weight is 454 g/mol. The molecule has 1 fully saturated rings. The maximum atomic E-state index is 13.2. The van der Waals surface area contributed by atoms with E-state index in [1.54, 1.807) is 11.8 Å². The van der Waals surface area contributed by atoms with Crippen LogP contribution in [0.1, 0.15) is 0 Å². The number of piperazine rings is 1. The van der Waals surface area contributed by atoms with Crippen LogP contribution in [-0.2, 0) is 0 Å². The van der Waals surface area contributed by atoms with Crippen LogP contribution in [0, 0.1) is 0 Å². The molecular weight excluding hydrogens is 426 g/mol. The van der Waals surface area contributed by atoms with E-state index in [1.807, 2.05) is 90.0 Å². The molecule has 4 aromatic rings. The van der Waals surface area contributed by atoms with Gasteiger partial charge >= 0.3 is 6.03 Å². The standard InChI is InChI=1S/C27H27N5O2/c1-34-25-15-9-8-14-24(25)30-16-18-31(19-17-30)27(33)28-23-20-32(22-12-6-3-7-13-22)29-26(23)21-10-4-2-5-11-21/h2-15,20H,16-19H2,1H3,(H,28,33). The van der Waals surface area contributed by atoms with Crippen molar-refractivity contribution in [2.75, 3.05) is 43.5 Å². The fourth-order valence-electron chi connectivity index (χ4n) is 4.22. The highest BCUT2D eigenvalue weighted by Crippen LogP contribution is 2.30. The van der Waals surface area contributed by atoms with E-state index in [-0.39, 0.29) is 6.03 Å². The molecule has 2 heterocycles. The molecule has 1 aliphatic rings. The zero-order chi connectivity index (χ0) is 23.3. The summed E-state index contributed by atoms with van der Waals surface area (Å²) in [6.45, 7) is 2.72. The summed E-state index contributed by atoms with van der Waals surface area (Å²) < 4.78 is 7.31. The van der Waals surface area contributed by atoms with Crippen molar-refractivity contribution in [3.63, 3.8) is 0 Å². The number of carbonyl (C=O) groups is 1. The summed E-state index contributed by atoms with van der Waals surface area (Å²) in [6, 6.07) is 27.7. The van der Waals surface area contributed by atoms with Crippen LogP contribution in [0.2, 0.25) is 0 Å². The normalized spacial score (nSPS) is 13.6. The van der Waals surface area contributed by atoms with Crippen molar-refractivity contribution >= 4 is 17.4 Å². The summed E-state index contributed by atoms with van der Waals surface area (Å²) in [6.07, 6.45) is 1.88. The number of carbonyl (C=O) groups excluding carboxylic acids is 1. The van der Waals surface area contributed by atoms with Gasteiger partial charge in [-0.05, 0) is 24.3 Å². The van der Waals surface area contributed by atoms with Gasteiger partial charge in [-0.2, -0.15) is 5.10 Å². The van der Waals surface area contributed by atoms with Gasteiger partial charge in [0.05, 0.1) is 30.4 Å². The monoisotopic (exact) mass is 453 g/mol. The Morgan fingerprint density at radius 2 is 1.50 bits per heavy atom. The summed E-state index contributed by atoms with van der Waals surface area (Å²) in [5, 5.41) is 7.89. The maximum absolute atomic E-state index is 13.2. The van der Waals surface area contributed by atoms with E-state index < -0.39 is 0 Å². The fraction of sp³-hybridized carbons (Fsp3) is 0.185. The molecule has 0 aliphatic carbocycles. The first-order valence-corrected chi connectivity index (χ1v) is 11.4. The largest absolute Gasteiger partial charge is 0.495 e. The molecule has 34 heavy (non-hydrogen) atoms. The molecule has 7 nitrogen and oxygen atoms in total. The van der Waals surface area contributed by atoms with Crippen LogP contribution < -0.4 is 15.0 Å². The molecule has 0 atom stereocenters. The molecule has 2 amide bonds. The number of rotatable bonds is 5. The number of hydrogen-bond donors (Lipinski definition) is 1. The van der Waals surface area contributed by atoms with E-state index in [9.17, 15) is 4.79 Å². The number of amides is 2. The van der Waals surface area contributed by atoms with Crippen molar-refractivity contribution in [3.05, 3.63) is 91.1 Å². The minimum Gasteiger partial charge on any atom is -0.495 e. The molecule has 0 spiro atoms. The van der Waals surface area contributed by atoms with Crippen molar-refractivity contribution in [1.82, 2.24) is 14.7 Å². The number of benzene rings is 3. The molecule has 1 saturated heterocycles. The quantitative estimate of drug-likeness (QED) is 0.467. The highest BCUT2D eigenvalue weighted by molar-refractivity contribution is 5.93. The van der Waals surface area contributed by atoms with Crippen molar-refractivity contribution in [2.45, 2.75) is 0 Å². The summed E-state index contributed by atoms with van der Waals surface area (Å²) >= 11 is 0. The lowest BCUT2D eigenvalue weighted by molar-refractivity contribution is 0.208. The molecule has 0 unspecified atom stereocenters. The maximum Gasteiger partial charge on any atom is 0.322 e. The van der Waals surface area contributed by atoms with E-state index >= 15 is 0 Å². The van der Waals surface area contributed by atoms with Crippen molar-refractivity contribution in [1.29, 1.82) is 0 Å². The van der Waals surface area contributed by atoms with E-state index in [4.69, 9.17) is 9.84 Å². The number of urea groups is 1. The SMILES string of the molecule is COc1ccccc1N1CCN(C(=O)Nc2cn(-c3ccccc3)nc2-c2ccccc2)CC1. The third-order valence-electron chi connectivity index (χ3n) is 6.02. The number of anilines is 2. The van der Waals surface area contributed by atoms with Gasteiger partial charge in [0.2, 0.25) is 0 Å². The van der Waals surface area contributed by atoms with Crippen LogP contribution in [0.25, 0.3) is 16.9 Å². The second-order valence-corrected chi connectivity index (χ2v) is 8.11. The number of aromatic nitrogens is 2. The first-order valence-electron chi connectivity index (χ1n) is 11.4. The van der Waals surface area contributed by atoms with E-state index in [0.717, 1.165) is 41.5 Å². The summed E-state index contributed by atoms with van der Waals surface area (Å²) in [7, 11) is 1.68. The van der Waals surface area contributed by atoms with Crippen LogP contribution in [0.5, 0.6) is 5.75 Å². The van der Waals surface area contributed by atoms with Crippen molar-refractivity contribution in [3.8, 4) is 22.7 Å². The molecule has 172 valence electrons. The van der Waals surface area contributed by atoms with Crippen molar-refractivity contribution < 1.29 is 9.53 Å². The van der Waals surface area contributed by atoms with Gasteiger partial charge in [0.15, 0.2) is 0 Å². The second kappa shape index (κ2) is 9.70. The topological polar surface area (TPSA) is 62.6 Å². The number of methoxy groups -OCH3 is 1. The lowest BCUT2D eigenvalue weighted by Crippen LogP contribution is -2.50. The smallest absolute Gasteiger partial charge is 0.322 e. The number of nitrogens with zero attached hydrogens (tertiary/aromatic N) is 4. The van der Waals surface area contributed by atoms with Gasteiger partial charge in [0, 0.05) is 31.7 Å². The fourth-order valence-corrected chi connectivity index (χ4v) is 4.22. The Hall–Kier alpha value is -4.26. The van der Waals surface area contributed by atoms with Crippen LogP contribution in [0.3, 0.4) is 0 Å². The Morgan fingerprint density at radius 3 is 2.21 bits per heavy atom. The van der Waals surface area contributed by atoms with Gasteiger partial charge in [-0.3, -0.25) is 0 Å². The lowest BCUT2D eigenvalue weighted by Gasteiger charge is -2.36. The zero-order valence-corrected chi connectivity index (χ0v) is 19.1. The first-order chi connectivity index (χ1) is 16.7. The summed E-state index contributed by atoms with van der Waals surface area (Å²) in [5.41, 5.74) is 4.37. The molecule has 0 radical (unpaired) electrons. The van der Waals surface area contributed by atoms with Gasteiger partial charge < -0.3 is 19.9 Å². The minimum atomic E-state index is -0.121. The van der Waals surface area contributed by atoms with Gasteiger partial charge in [-0.1, -0.05) is 60.7 Å². The van der Waals surface area contributed by atoms with Gasteiger partial charge in [-0.25, -0.2) is 9.48 Å². The molecule has 0 bridgehead atoms. The highest BCUT2D eigenvalue weighted by atomic mass is 16.5. The third kappa shape index (κ3) is 4.45. The van der Waals surface area contributed by atoms with E-state index in [2.05, 4.69) is 16.3 Å². The minimum absolute atomic E-state index is 0.121. The Morgan fingerprint density at radius 1 is 0.853 bits per heavy atom. The summed E-state index contributed by atoms with van der Waals surface area (Å²) in [5.74, 6) is 0.848. The molecule has 3 aromatic carbocycles. The zero-order valence-electron chi connectivity index (χ0n) is 19.1. The molecule has 1 aliphatic heterocycles.